The van der Waals surface area contributed by atoms with E-state index in [0.29, 0.717) is 25.2 Å². The fraction of sp³-hybridized carbons (Fsp3) is 0.522. The highest BCUT2D eigenvalue weighted by Crippen LogP contribution is 2.29. The van der Waals surface area contributed by atoms with Crippen molar-refractivity contribution in [2.24, 2.45) is 0 Å². The van der Waals surface area contributed by atoms with Crippen molar-refractivity contribution in [1.82, 2.24) is 14.5 Å². The number of benzene rings is 1. The average Bonchev–Trinajstić information content (AvgIpc) is 3.48. The molecule has 32 heavy (non-hydrogen) atoms. The molecule has 1 aromatic heterocycles. The van der Waals surface area contributed by atoms with Crippen LogP contribution in [0.1, 0.15) is 48.8 Å². The SMILES string of the molecule is CCN(CC)S(=O)(=O)c1ccc(N2CCCC2)c(C(=O)NCC(c2ccco2)N(C)C)c1. The highest BCUT2D eigenvalue weighted by molar-refractivity contribution is 7.89. The Morgan fingerprint density at radius 3 is 2.41 bits per heavy atom. The molecule has 1 aromatic carbocycles. The van der Waals surface area contributed by atoms with E-state index in [2.05, 4.69) is 10.2 Å². The molecule has 1 unspecified atom stereocenters. The van der Waals surface area contributed by atoms with E-state index in [1.54, 1.807) is 18.4 Å². The first-order valence-corrected chi connectivity index (χ1v) is 12.6. The lowest BCUT2D eigenvalue weighted by atomic mass is 10.1. The van der Waals surface area contributed by atoms with Crippen LogP contribution in [0.2, 0.25) is 0 Å². The molecule has 1 fully saturated rings. The van der Waals surface area contributed by atoms with Crippen molar-refractivity contribution in [2.45, 2.75) is 37.6 Å². The van der Waals surface area contributed by atoms with Crippen molar-refractivity contribution in [1.29, 1.82) is 0 Å². The highest BCUT2D eigenvalue weighted by atomic mass is 32.2. The molecule has 0 radical (unpaired) electrons. The number of carbonyl (C=O) groups is 1. The summed E-state index contributed by atoms with van der Waals surface area (Å²) in [4.78, 5) is 17.6. The van der Waals surface area contributed by atoms with Crippen LogP contribution >= 0.6 is 0 Å². The lowest BCUT2D eigenvalue weighted by Gasteiger charge is -2.25. The summed E-state index contributed by atoms with van der Waals surface area (Å²) < 4.78 is 33.1. The van der Waals surface area contributed by atoms with Gasteiger partial charge in [-0.2, -0.15) is 4.31 Å². The minimum absolute atomic E-state index is 0.133. The first-order chi connectivity index (χ1) is 15.3. The van der Waals surface area contributed by atoms with E-state index in [9.17, 15) is 13.2 Å². The second-order valence-electron chi connectivity index (χ2n) is 8.17. The summed E-state index contributed by atoms with van der Waals surface area (Å²) in [6.45, 7) is 6.42. The first-order valence-electron chi connectivity index (χ1n) is 11.2. The van der Waals surface area contributed by atoms with Gasteiger partial charge in [0.2, 0.25) is 10.0 Å². The number of furan rings is 1. The molecule has 1 atom stereocenters. The van der Waals surface area contributed by atoms with Gasteiger partial charge in [0.05, 0.1) is 22.8 Å². The minimum Gasteiger partial charge on any atom is -0.468 e. The maximum Gasteiger partial charge on any atom is 0.253 e. The second kappa shape index (κ2) is 10.5. The second-order valence-corrected chi connectivity index (χ2v) is 10.1. The van der Waals surface area contributed by atoms with Crippen molar-refractivity contribution >= 4 is 21.6 Å². The van der Waals surface area contributed by atoms with Gasteiger partial charge in [0, 0.05) is 38.4 Å². The van der Waals surface area contributed by atoms with E-state index in [1.807, 2.05) is 45.0 Å². The molecule has 1 N–H and O–H groups in total. The fourth-order valence-corrected chi connectivity index (χ4v) is 5.59. The zero-order valence-corrected chi connectivity index (χ0v) is 20.2. The van der Waals surface area contributed by atoms with E-state index in [1.165, 1.54) is 10.4 Å². The predicted molar refractivity (Wildman–Crippen MR) is 125 cm³/mol. The van der Waals surface area contributed by atoms with Crippen molar-refractivity contribution in [2.75, 3.05) is 51.7 Å². The van der Waals surface area contributed by atoms with Crippen molar-refractivity contribution in [3.63, 3.8) is 0 Å². The lowest BCUT2D eigenvalue weighted by molar-refractivity contribution is 0.0939. The third-order valence-corrected chi connectivity index (χ3v) is 8.00. The number of hydrogen-bond acceptors (Lipinski definition) is 6. The molecule has 1 amide bonds. The zero-order chi connectivity index (χ0) is 23.3. The lowest BCUT2D eigenvalue weighted by Crippen LogP contribution is -2.35. The molecule has 0 aliphatic carbocycles. The Labute approximate surface area is 191 Å². The van der Waals surface area contributed by atoms with Crippen LogP contribution < -0.4 is 10.2 Å². The van der Waals surface area contributed by atoms with Gasteiger partial charge in [-0.25, -0.2) is 8.42 Å². The molecule has 0 spiro atoms. The highest BCUT2D eigenvalue weighted by Gasteiger charge is 2.27. The molecule has 8 nitrogen and oxygen atoms in total. The first kappa shape index (κ1) is 24.3. The topological polar surface area (TPSA) is 86.1 Å². The Morgan fingerprint density at radius 1 is 1.16 bits per heavy atom. The van der Waals surface area contributed by atoms with Crippen LogP contribution in [0.4, 0.5) is 5.69 Å². The number of sulfonamides is 1. The van der Waals surface area contributed by atoms with Gasteiger partial charge in [0.1, 0.15) is 5.76 Å². The minimum atomic E-state index is -3.67. The van der Waals surface area contributed by atoms with E-state index >= 15 is 0 Å². The Morgan fingerprint density at radius 2 is 1.84 bits per heavy atom. The normalized spacial score (nSPS) is 15.5. The number of nitrogens with zero attached hydrogens (tertiary/aromatic N) is 3. The standard InChI is InChI=1S/C23H34N4O4S/c1-5-27(6-2)32(29,30)18-11-12-20(26-13-7-8-14-26)19(16-18)23(28)24-17-21(25(3)4)22-10-9-15-31-22/h9-12,15-16,21H,5-8,13-14,17H2,1-4H3,(H,24,28). The number of likely N-dealkylation sites (N-methyl/N-ethyl adjacent to an activating group) is 1. The van der Waals surface area contributed by atoms with Crippen LogP contribution in [0.3, 0.4) is 0 Å². The molecule has 2 heterocycles. The summed E-state index contributed by atoms with van der Waals surface area (Å²) in [5, 5.41) is 2.99. The number of rotatable bonds is 10. The van der Waals surface area contributed by atoms with Crippen LogP contribution in [0.5, 0.6) is 0 Å². The van der Waals surface area contributed by atoms with Gasteiger partial charge >= 0.3 is 0 Å². The zero-order valence-electron chi connectivity index (χ0n) is 19.4. The summed E-state index contributed by atoms with van der Waals surface area (Å²) >= 11 is 0. The van der Waals surface area contributed by atoms with E-state index in [4.69, 9.17) is 4.42 Å². The van der Waals surface area contributed by atoms with Crippen LogP contribution in [-0.2, 0) is 10.0 Å². The van der Waals surface area contributed by atoms with Crippen molar-refractivity contribution < 1.29 is 17.6 Å². The van der Waals surface area contributed by atoms with E-state index in [-0.39, 0.29) is 16.8 Å². The van der Waals surface area contributed by atoms with Gasteiger partial charge in [-0.1, -0.05) is 13.8 Å². The summed E-state index contributed by atoms with van der Waals surface area (Å²) in [5.41, 5.74) is 1.16. The number of anilines is 1. The van der Waals surface area contributed by atoms with Crippen molar-refractivity contribution in [3.05, 3.63) is 47.9 Å². The fourth-order valence-electron chi connectivity index (χ4n) is 4.11. The van der Waals surface area contributed by atoms with E-state index < -0.39 is 10.0 Å². The van der Waals surface area contributed by atoms with Gasteiger partial charge in [-0.05, 0) is 57.3 Å². The molecule has 9 heteroatoms. The Hall–Kier alpha value is -2.36. The largest absolute Gasteiger partial charge is 0.468 e. The number of hydrogen-bond donors (Lipinski definition) is 1. The monoisotopic (exact) mass is 462 g/mol. The maximum absolute atomic E-state index is 13.3. The maximum atomic E-state index is 13.3. The van der Waals surface area contributed by atoms with E-state index in [0.717, 1.165) is 37.4 Å². The average molecular weight is 463 g/mol. The quantitative estimate of drug-likeness (QED) is 0.584. The van der Waals surface area contributed by atoms with Crippen molar-refractivity contribution in [3.8, 4) is 0 Å². The number of amides is 1. The Kier molecular flexibility index (Phi) is 7.97. The predicted octanol–water partition coefficient (Wildman–Crippen LogP) is 2.94. The summed E-state index contributed by atoms with van der Waals surface area (Å²) in [6.07, 6.45) is 3.73. The molecular formula is C23H34N4O4S. The molecule has 1 saturated heterocycles. The molecule has 3 rings (SSSR count). The van der Waals surface area contributed by atoms with Gasteiger partial charge in [-0.15, -0.1) is 0 Å². The summed E-state index contributed by atoms with van der Waals surface area (Å²) in [5.74, 6) is 0.467. The Balaban J connectivity index is 1.92. The molecule has 1 aliphatic heterocycles. The van der Waals surface area contributed by atoms with Crippen LogP contribution in [0, 0.1) is 0 Å². The third-order valence-electron chi connectivity index (χ3n) is 5.95. The summed E-state index contributed by atoms with van der Waals surface area (Å²) in [6, 6.07) is 8.47. The Bertz CT molecular complexity index is 995. The molecule has 1 aliphatic rings. The third kappa shape index (κ3) is 5.16. The van der Waals surface area contributed by atoms with Crippen LogP contribution in [0.15, 0.2) is 45.9 Å². The van der Waals surface area contributed by atoms with Crippen LogP contribution in [-0.4, -0.2) is 70.3 Å². The molecular weight excluding hydrogens is 428 g/mol. The van der Waals surface area contributed by atoms with Gasteiger partial charge in [-0.3, -0.25) is 9.69 Å². The molecule has 2 aromatic rings. The summed E-state index contributed by atoms with van der Waals surface area (Å²) in [7, 11) is 0.180. The number of carbonyl (C=O) groups excluding carboxylic acids is 1. The van der Waals surface area contributed by atoms with Gasteiger partial charge in [0.15, 0.2) is 0 Å². The van der Waals surface area contributed by atoms with Gasteiger partial charge < -0.3 is 14.6 Å². The molecule has 0 saturated carbocycles. The van der Waals surface area contributed by atoms with Crippen LogP contribution in [0.25, 0.3) is 0 Å². The smallest absolute Gasteiger partial charge is 0.253 e. The molecule has 0 bridgehead atoms. The van der Waals surface area contributed by atoms with Gasteiger partial charge in [0.25, 0.3) is 5.91 Å². The molecule has 176 valence electrons. The number of nitrogens with one attached hydrogen (secondary N) is 1.